The molecular formula is C16H14N2O2. The van der Waals surface area contributed by atoms with Crippen LogP contribution in [0.25, 0.3) is 10.9 Å². The van der Waals surface area contributed by atoms with Gasteiger partial charge in [0, 0.05) is 12.4 Å². The molecule has 0 saturated heterocycles. The zero-order valence-corrected chi connectivity index (χ0v) is 11.1. The van der Waals surface area contributed by atoms with Crippen LogP contribution in [-0.2, 0) is 6.54 Å². The fourth-order valence-electron chi connectivity index (χ4n) is 2.09. The van der Waals surface area contributed by atoms with Gasteiger partial charge in [0.1, 0.15) is 11.5 Å². The highest BCUT2D eigenvalue weighted by molar-refractivity contribution is 5.94. The molecule has 0 aliphatic rings. The second-order valence-corrected chi connectivity index (χ2v) is 4.63. The lowest BCUT2D eigenvalue weighted by atomic mass is 10.2. The Morgan fingerprint density at radius 1 is 1.15 bits per heavy atom. The van der Waals surface area contributed by atoms with Crippen molar-refractivity contribution in [1.82, 2.24) is 9.88 Å². The first kappa shape index (κ1) is 12.4. The molecular weight excluding hydrogens is 252 g/mol. The van der Waals surface area contributed by atoms with Crippen LogP contribution in [0, 0.1) is 0 Å². The average Bonchev–Trinajstić information content (AvgIpc) is 2.99. The molecule has 100 valence electrons. The minimum absolute atomic E-state index is 0.118. The van der Waals surface area contributed by atoms with Crippen molar-refractivity contribution >= 4 is 16.8 Å². The van der Waals surface area contributed by atoms with Crippen LogP contribution in [0.3, 0.4) is 0 Å². The number of hydrogen-bond acceptors (Lipinski definition) is 3. The molecule has 1 amide bonds. The van der Waals surface area contributed by atoms with Gasteiger partial charge in [0.15, 0.2) is 0 Å². The summed E-state index contributed by atoms with van der Waals surface area (Å²) in [6.07, 6.45) is 1.60. The highest BCUT2D eigenvalue weighted by atomic mass is 16.3. The van der Waals surface area contributed by atoms with E-state index in [9.17, 15) is 4.79 Å². The number of rotatable bonds is 3. The number of fused-ring (bicyclic) bond motifs is 1. The molecule has 20 heavy (non-hydrogen) atoms. The molecule has 3 rings (SSSR count). The Balaban J connectivity index is 1.84. The van der Waals surface area contributed by atoms with Gasteiger partial charge in [0.25, 0.3) is 5.91 Å². The van der Waals surface area contributed by atoms with Crippen molar-refractivity contribution in [1.29, 1.82) is 0 Å². The van der Waals surface area contributed by atoms with Crippen molar-refractivity contribution < 1.29 is 9.21 Å². The van der Waals surface area contributed by atoms with Crippen molar-refractivity contribution in [3.05, 3.63) is 66.2 Å². The Kier molecular flexibility index (Phi) is 3.21. The molecule has 0 saturated carbocycles. The van der Waals surface area contributed by atoms with Gasteiger partial charge in [0.2, 0.25) is 0 Å². The first-order valence-electron chi connectivity index (χ1n) is 6.38. The molecule has 2 aromatic heterocycles. The summed E-state index contributed by atoms with van der Waals surface area (Å²) in [5, 5.41) is 1.03. The summed E-state index contributed by atoms with van der Waals surface area (Å²) in [5.74, 6) is 0.633. The van der Waals surface area contributed by atoms with Gasteiger partial charge in [-0.15, -0.1) is 0 Å². The summed E-state index contributed by atoms with van der Waals surface area (Å²) in [7, 11) is 1.74. The van der Waals surface area contributed by atoms with E-state index >= 15 is 0 Å². The molecule has 2 heterocycles. The fraction of sp³-hybridized carbons (Fsp3) is 0.125. The van der Waals surface area contributed by atoms with E-state index in [1.807, 2.05) is 42.5 Å². The normalized spacial score (nSPS) is 10.7. The molecule has 0 aliphatic carbocycles. The number of aromatic nitrogens is 1. The topological polar surface area (TPSA) is 46.3 Å². The molecule has 0 fully saturated rings. The van der Waals surface area contributed by atoms with Gasteiger partial charge in [0.05, 0.1) is 18.3 Å². The van der Waals surface area contributed by atoms with Crippen molar-refractivity contribution in [2.75, 3.05) is 7.05 Å². The molecule has 1 aromatic carbocycles. The van der Waals surface area contributed by atoms with Crippen LogP contribution >= 0.6 is 0 Å². The molecule has 0 aliphatic heterocycles. The number of amides is 1. The van der Waals surface area contributed by atoms with Crippen molar-refractivity contribution in [3.63, 3.8) is 0 Å². The zero-order valence-electron chi connectivity index (χ0n) is 11.1. The van der Waals surface area contributed by atoms with Crippen LogP contribution in [0.4, 0.5) is 0 Å². The third kappa shape index (κ3) is 2.40. The third-order valence-corrected chi connectivity index (χ3v) is 3.14. The van der Waals surface area contributed by atoms with Crippen LogP contribution in [-0.4, -0.2) is 22.8 Å². The maximum absolute atomic E-state index is 12.3. The van der Waals surface area contributed by atoms with E-state index in [0.29, 0.717) is 12.2 Å². The average molecular weight is 266 g/mol. The number of furan rings is 1. The van der Waals surface area contributed by atoms with E-state index in [1.165, 1.54) is 0 Å². The summed E-state index contributed by atoms with van der Waals surface area (Å²) in [6.45, 7) is 0.431. The maximum Gasteiger partial charge on any atom is 0.272 e. The summed E-state index contributed by atoms with van der Waals surface area (Å²) in [6, 6.07) is 15.1. The van der Waals surface area contributed by atoms with Crippen molar-refractivity contribution in [2.24, 2.45) is 0 Å². The second-order valence-electron chi connectivity index (χ2n) is 4.63. The Morgan fingerprint density at radius 2 is 2.00 bits per heavy atom. The predicted molar refractivity (Wildman–Crippen MR) is 76.2 cm³/mol. The van der Waals surface area contributed by atoms with Crippen LogP contribution in [0.15, 0.2) is 59.2 Å². The van der Waals surface area contributed by atoms with Gasteiger partial charge in [-0.2, -0.15) is 0 Å². The quantitative estimate of drug-likeness (QED) is 0.731. The number of para-hydroxylation sites is 1. The van der Waals surface area contributed by atoms with Crippen LogP contribution in [0.5, 0.6) is 0 Å². The van der Waals surface area contributed by atoms with Gasteiger partial charge in [-0.25, -0.2) is 4.98 Å². The van der Waals surface area contributed by atoms with E-state index in [4.69, 9.17) is 4.42 Å². The van der Waals surface area contributed by atoms with Crippen LogP contribution < -0.4 is 0 Å². The van der Waals surface area contributed by atoms with E-state index < -0.39 is 0 Å². The molecule has 0 bridgehead atoms. The summed E-state index contributed by atoms with van der Waals surface area (Å²) < 4.78 is 5.25. The smallest absolute Gasteiger partial charge is 0.272 e. The fourth-order valence-corrected chi connectivity index (χ4v) is 2.09. The van der Waals surface area contributed by atoms with E-state index in [-0.39, 0.29) is 5.91 Å². The Bertz CT molecular complexity index is 735. The lowest BCUT2D eigenvalue weighted by Crippen LogP contribution is -2.26. The van der Waals surface area contributed by atoms with E-state index in [1.54, 1.807) is 24.3 Å². The largest absolute Gasteiger partial charge is 0.467 e. The lowest BCUT2D eigenvalue weighted by molar-refractivity contribution is 0.0770. The minimum atomic E-state index is -0.118. The summed E-state index contributed by atoms with van der Waals surface area (Å²) in [4.78, 5) is 18.3. The molecule has 3 aromatic rings. The number of pyridine rings is 1. The van der Waals surface area contributed by atoms with Crippen LogP contribution in [0.1, 0.15) is 16.2 Å². The molecule has 4 nitrogen and oxygen atoms in total. The van der Waals surface area contributed by atoms with Gasteiger partial charge in [-0.1, -0.05) is 24.3 Å². The molecule has 0 spiro atoms. The van der Waals surface area contributed by atoms with Gasteiger partial charge < -0.3 is 9.32 Å². The maximum atomic E-state index is 12.3. The van der Waals surface area contributed by atoms with E-state index in [2.05, 4.69) is 4.98 Å². The molecule has 0 atom stereocenters. The monoisotopic (exact) mass is 266 g/mol. The van der Waals surface area contributed by atoms with Gasteiger partial charge in [-0.05, 0) is 24.3 Å². The lowest BCUT2D eigenvalue weighted by Gasteiger charge is -2.15. The Labute approximate surface area is 116 Å². The number of benzene rings is 1. The molecule has 0 N–H and O–H groups in total. The molecule has 0 unspecified atom stereocenters. The number of carbonyl (C=O) groups excluding carboxylic acids is 1. The minimum Gasteiger partial charge on any atom is -0.467 e. The highest BCUT2D eigenvalue weighted by Crippen LogP contribution is 2.13. The Hall–Kier alpha value is -2.62. The number of hydrogen-bond donors (Lipinski definition) is 0. The van der Waals surface area contributed by atoms with Gasteiger partial charge in [-0.3, -0.25) is 4.79 Å². The first-order chi connectivity index (χ1) is 9.74. The second kappa shape index (κ2) is 5.17. The predicted octanol–water partition coefficient (Wildman–Crippen LogP) is 3.10. The number of nitrogens with zero attached hydrogens (tertiary/aromatic N) is 2. The van der Waals surface area contributed by atoms with Crippen molar-refractivity contribution in [3.8, 4) is 0 Å². The van der Waals surface area contributed by atoms with E-state index in [0.717, 1.165) is 16.7 Å². The number of carbonyl (C=O) groups is 1. The zero-order chi connectivity index (χ0) is 13.9. The van der Waals surface area contributed by atoms with Crippen molar-refractivity contribution in [2.45, 2.75) is 6.54 Å². The molecule has 0 radical (unpaired) electrons. The summed E-state index contributed by atoms with van der Waals surface area (Å²) in [5.41, 5.74) is 1.27. The van der Waals surface area contributed by atoms with Gasteiger partial charge >= 0.3 is 0 Å². The highest BCUT2D eigenvalue weighted by Gasteiger charge is 2.14. The standard InChI is InChI=1S/C16H14N2O2/c1-18(11-13-6-4-10-20-13)16(19)15-9-8-12-5-2-3-7-14(12)17-15/h2-10H,11H2,1H3. The Morgan fingerprint density at radius 3 is 2.80 bits per heavy atom. The molecule has 4 heteroatoms. The SMILES string of the molecule is CN(Cc1ccco1)C(=O)c1ccc2ccccc2n1. The summed E-state index contributed by atoms with van der Waals surface area (Å²) >= 11 is 0. The van der Waals surface area contributed by atoms with Crippen LogP contribution in [0.2, 0.25) is 0 Å². The first-order valence-corrected chi connectivity index (χ1v) is 6.38. The third-order valence-electron chi connectivity index (χ3n) is 3.14.